The van der Waals surface area contributed by atoms with E-state index < -0.39 is 10.0 Å². The number of nitrogens with zero attached hydrogens (tertiary/aromatic N) is 3. The van der Waals surface area contributed by atoms with Crippen LogP contribution in [0.1, 0.15) is 11.1 Å². The number of nitrogens with one attached hydrogen (secondary N) is 1. The fourth-order valence-electron chi connectivity index (χ4n) is 2.09. The molecule has 1 aromatic heterocycles. The van der Waals surface area contributed by atoms with E-state index in [0.717, 1.165) is 0 Å². The third-order valence-electron chi connectivity index (χ3n) is 3.35. The van der Waals surface area contributed by atoms with Crippen LogP contribution < -0.4 is 9.46 Å². The van der Waals surface area contributed by atoms with Crippen molar-refractivity contribution < 1.29 is 17.7 Å². The van der Waals surface area contributed by atoms with Crippen molar-refractivity contribution in [3.63, 3.8) is 0 Å². The van der Waals surface area contributed by atoms with Crippen LogP contribution in [0.2, 0.25) is 5.02 Å². The van der Waals surface area contributed by atoms with Gasteiger partial charge in [0.15, 0.2) is 5.82 Å². The zero-order valence-electron chi connectivity index (χ0n) is 13.4. The van der Waals surface area contributed by atoms with Gasteiger partial charge in [0.2, 0.25) is 0 Å². The molecular weight excluding hydrogens is 392 g/mol. The topological polar surface area (TPSA) is 129 Å². The Morgan fingerprint density at radius 2 is 1.85 bits per heavy atom. The van der Waals surface area contributed by atoms with Crippen LogP contribution in [0.25, 0.3) is 0 Å². The van der Waals surface area contributed by atoms with Gasteiger partial charge >= 0.3 is 0 Å². The minimum atomic E-state index is -3.96. The van der Waals surface area contributed by atoms with E-state index in [4.69, 9.17) is 21.6 Å². The highest BCUT2D eigenvalue weighted by molar-refractivity contribution is 7.92. The van der Waals surface area contributed by atoms with Crippen LogP contribution in [0.5, 0.6) is 11.5 Å². The number of ether oxygens (including phenoxy) is 1. The average Bonchev–Trinajstić information content (AvgIpc) is 3.14. The van der Waals surface area contributed by atoms with E-state index in [1.165, 1.54) is 48.7 Å². The smallest absolute Gasteiger partial charge is 0.263 e. The van der Waals surface area contributed by atoms with E-state index in [9.17, 15) is 13.7 Å². The van der Waals surface area contributed by atoms with Crippen LogP contribution in [0.4, 0.5) is 5.82 Å². The summed E-state index contributed by atoms with van der Waals surface area (Å²) in [6, 6.07) is 13.4. The highest BCUT2D eigenvalue weighted by Gasteiger charge is 2.18. The number of benzene rings is 2. The van der Waals surface area contributed by atoms with Crippen molar-refractivity contribution in [3.05, 3.63) is 64.9 Å². The Hall–Kier alpha value is -3.53. The molecule has 0 fully saturated rings. The van der Waals surface area contributed by atoms with Gasteiger partial charge in [0.25, 0.3) is 10.0 Å². The van der Waals surface area contributed by atoms with E-state index in [1.54, 1.807) is 0 Å². The van der Waals surface area contributed by atoms with Crippen molar-refractivity contribution in [2.75, 3.05) is 4.72 Å². The molecule has 0 aliphatic carbocycles. The summed E-state index contributed by atoms with van der Waals surface area (Å²) >= 11 is 5.95. The van der Waals surface area contributed by atoms with Gasteiger partial charge in [0, 0.05) is 12.1 Å². The van der Waals surface area contributed by atoms with E-state index in [0.29, 0.717) is 5.75 Å². The molecule has 2 aromatic carbocycles. The van der Waals surface area contributed by atoms with Crippen LogP contribution in [-0.2, 0) is 10.0 Å². The van der Waals surface area contributed by atoms with E-state index in [-0.39, 0.29) is 32.6 Å². The Kier molecular flexibility index (Phi) is 4.99. The molecule has 10 heteroatoms. The van der Waals surface area contributed by atoms with Crippen molar-refractivity contribution in [1.82, 2.24) is 5.16 Å². The number of hydrogen-bond acceptors (Lipinski definition) is 7. The number of aromatic nitrogens is 1. The van der Waals surface area contributed by atoms with E-state index >= 15 is 0 Å². The second kappa shape index (κ2) is 7.38. The summed E-state index contributed by atoms with van der Waals surface area (Å²) in [6.45, 7) is 0. The molecule has 8 nitrogen and oxygen atoms in total. The minimum Gasteiger partial charge on any atom is -0.456 e. The highest BCUT2D eigenvalue weighted by Crippen LogP contribution is 2.30. The number of sulfonamides is 1. The molecule has 0 atom stereocenters. The molecule has 3 rings (SSSR count). The first-order chi connectivity index (χ1) is 12.9. The van der Waals surface area contributed by atoms with Crippen molar-refractivity contribution >= 4 is 27.4 Å². The first kappa shape index (κ1) is 18.3. The summed E-state index contributed by atoms with van der Waals surface area (Å²) in [5, 5.41) is 21.9. The lowest BCUT2D eigenvalue weighted by Crippen LogP contribution is -2.13. The molecule has 0 saturated heterocycles. The van der Waals surface area contributed by atoms with Crippen LogP contribution in [0.15, 0.2) is 58.1 Å². The summed E-state index contributed by atoms with van der Waals surface area (Å²) in [6.07, 6.45) is 1.22. The predicted molar refractivity (Wildman–Crippen MR) is 94.7 cm³/mol. The molecule has 27 heavy (non-hydrogen) atoms. The Balaban J connectivity index is 1.90. The van der Waals surface area contributed by atoms with Gasteiger partial charge in [0.1, 0.15) is 29.9 Å². The van der Waals surface area contributed by atoms with Crippen LogP contribution in [0, 0.1) is 22.7 Å². The van der Waals surface area contributed by atoms with Gasteiger partial charge in [-0.2, -0.15) is 10.5 Å². The van der Waals surface area contributed by atoms with Crippen molar-refractivity contribution in [1.29, 1.82) is 10.5 Å². The summed E-state index contributed by atoms with van der Waals surface area (Å²) in [5.74, 6) is 0.451. The molecule has 0 radical (unpaired) electrons. The van der Waals surface area contributed by atoms with E-state index in [1.807, 2.05) is 12.1 Å². The summed E-state index contributed by atoms with van der Waals surface area (Å²) in [4.78, 5) is -0.146. The maximum Gasteiger partial charge on any atom is 0.263 e. The van der Waals surface area contributed by atoms with Gasteiger partial charge in [-0.05, 0) is 30.3 Å². The average molecular weight is 401 g/mol. The summed E-state index contributed by atoms with van der Waals surface area (Å²) in [7, 11) is -3.96. The third-order valence-corrected chi connectivity index (χ3v) is 5.01. The number of rotatable bonds is 5. The third kappa shape index (κ3) is 4.01. The lowest BCUT2D eigenvalue weighted by molar-refractivity contribution is 0.423. The fraction of sp³-hybridized carbons (Fsp3) is 0. The maximum absolute atomic E-state index is 12.4. The van der Waals surface area contributed by atoms with Gasteiger partial charge in [0.05, 0.1) is 21.0 Å². The normalized spacial score (nSPS) is 10.6. The lowest BCUT2D eigenvalue weighted by Gasteiger charge is -2.10. The molecule has 0 aliphatic heterocycles. The minimum absolute atomic E-state index is 0.00138. The molecule has 0 aliphatic rings. The Morgan fingerprint density at radius 1 is 1.07 bits per heavy atom. The number of anilines is 1. The second-order valence-electron chi connectivity index (χ2n) is 5.12. The second-order valence-corrected chi connectivity index (χ2v) is 7.21. The van der Waals surface area contributed by atoms with Gasteiger partial charge < -0.3 is 9.26 Å². The monoisotopic (exact) mass is 400 g/mol. The number of halogens is 1. The van der Waals surface area contributed by atoms with Crippen LogP contribution in [0.3, 0.4) is 0 Å². The van der Waals surface area contributed by atoms with Gasteiger partial charge in [-0.3, -0.25) is 4.72 Å². The number of hydrogen-bond donors (Lipinski definition) is 1. The lowest BCUT2D eigenvalue weighted by atomic mass is 10.2. The molecule has 0 bridgehead atoms. The molecule has 1 N–H and O–H groups in total. The predicted octanol–water partition coefficient (Wildman–Crippen LogP) is 3.66. The van der Waals surface area contributed by atoms with Crippen molar-refractivity contribution in [3.8, 4) is 23.6 Å². The molecular formula is C17H9ClN4O4S. The van der Waals surface area contributed by atoms with Crippen molar-refractivity contribution in [2.24, 2.45) is 0 Å². The Bertz CT molecular complexity index is 1180. The molecule has 0 amide bonds. The van der Waals surface area contributed by atoms with Crippen LogP contribution in [-0.4, -0.2) is 13.6 Å². The summed E-state index contributed by atoms with van der Waals surface area (Å²) in [5.41, 5.74) is 0.281. The van der Waals surface area contributed by atoms with Gasteiger partial charge in [-0.1, -0.05) is 16.8 Å². The SMILES string of the molecule is N#Cc1ccc(Oc2ccc(S(=O)(=O)Nc3ccon3)cc2C#N)cc1Cl. The quantitative estimate of drug-likeness (QED) is 0.691. The van der Waals surface area contributed by atoms with Crippen molar-refractivity contribution in [2.45, 2.75) is 4.90 Å². The molecule has 0 unspecified atom stereocenters. The first-order valence-corrected chi connectivity index (χ1v) is 9.14. The van der Waals surface area contributed by atoms with E-state index in [2.05, 4.69) is 14.4 Å². The van der Waals surface area contributed by atoms with Gasteiger partial charge in [-0.15, -0.1) is 0 Å². The van der Waals surface area contributed by atoms with Gasteiger partial charge in [-0.25, -0.2) is 8.42 Å². The van der Waals surface area contributed by atoms with Crippen LogP contribution >= 0.6 is 11.6 Å². The molecule has 0 spiro atoms. The largest absolute Gasteiger partial charge is 0.456 e. The molecule has 1 heterocycles. The Labute approximate surface area is 159 Å². The first-order valence-electron chi connectivity index (χ1n) is 7.28. The maximum atomic E-state index is 12.4. The Morgan fingerprint density at radius 3 is 2.48 bits per heavy atom. The molecule has 3 aromatic rings. The fourth-order valence-corrected chi connectivity index (χ4v) is 3.32. The summed E-state index contributed by atoms with van der Waals surface area (Å²) < 4.78 is 37.1. The zero-order chi connectivity index (χ0) is 19.4. The zero-order valence-corrected chi connectivity index (χ0v) is 15.0. The molecule has 0 saturated carbocycles. The highest BCUT2D eigenvalue weighted by atomic mass is 35.5. The standard InChI is InChI=1S/C17H9ClN4O4S/c18-15-8-13(2-1-11(15)9-19)26-16-4-3-14(7-12(16)10-20)27(23,24)22-17-5-6-25-21-17/h1-8H,(H,21,22). The molecule has 134 valence electrons. The number of nitriles is 2.